The fourth-order valence-electron chi connectivity index (χ4n) is 2.44. The summed E-state index contributed by atoms with van der Waals surface area (Å²) >= 11 is 0. The number of carbonyl (C=O) groups excluding carboxylic acids is 1. The lowest BCUT2D eigenvalue weighted by Crippen LogP contribution is -2.49. The average molecular weight is 227 g/mol. The predicted octanol–water partition coefficient (Wildman–Crippen LogP) is 0.425. The summed E-state index contributed by atoms with van der Waals surface area (Å²) in [5, 5.41) is 21.5. The van der Waals surface area contributed by atoms with E-state index in [2.05, 4.69) is 5.32 Å². The SMILES string of the molecule is CC[C@@H](NC(=O)C1(CO)CC1)C1CC(O)C1. The van der Waals surface area contributed by atoms with Crippen molar-refractivity contribution < 1.29 is 15.0 Å². The Bertz CT molecular complexity index is 269. The smallest absolute Gasteiger partial charge is 0.228 e. The van der Waals surface area contributed by atoms with Crippen molar-refractivity contribution >= 4 is 5.91 Å². The first kappa shape index (κ1) is 11.9. The van der Waals surface area contributed by atoms with Gasteiger partial charge in [0, 0.05) is 6.04 Å². The molecule has 16 heavy (non-hydrogen) atoms. The van der Waals surface area contributed by atoms with Gasteiger partial charge in [0.2, 0.25) is 5.91 Å². The molecule has 2 aliphatic rings. The number of hydrogen-bond acceptors (Lipinski definition) is 3. The molecule has 2 aliphatic carbocycles. The fraction of sp³-hybridized carbons (Fsp3) is 0.917. The summed E-state index contributed by atoms with van der Waals surface area (Å²) in [5.74, 6) is 0.418. The van der Waals surface area contributed by atoms with Crippen LogP contribution in [0.5, 0.6) is 0 Å². The van der Waals surface area contributed by atoms with E-state index in [0.29, 0.717) is 5.92 Å². The molecule has 2 saturated carbocycles. The predicted molar refractivity (Wildman–Crippen MR) is 59.7 cm³/mol. The van der Waals surface area contributed by atoms with Gasteiger partial charge in [0.05, 0.1) is 18.1 Å². The van der Waals surface area contributed by atoms with Crippen LogP contribution < -0.4 is 5.32 Å². The lowest BCUT2D eigenvalue weighted by molar-refractivity contribution is -0.129. The molecular weight excluding hydrogens is 206 g/mol. The number of aliphatic hydroxyl groups is 2. The number of hydrogen-bond donors (Lipinski definition) is 3. The summed E-state index contributed by atoms with van der Waals surface area (Å²) in [5.41, 5.74) is -0.476. The fourth-order valence-corrected chi connectivity index (χ4v) is 2.44. The van der Waals surface area contributed by atoms with Crippen LogP contribution in [0.3, 0.4) is 0 Å². The van der Waals surface area contributed by atoms with Gasteiger partial charge in [-0.25, -0.2) is 0 Å². The molecule has 0 saturated heterocycles. The number of nitrogens with one attached hydrogen (secondary N) is 1. The van der Waals surface area contributed by atoms with Crippen LogP contribution in [-0.2, 0) is 4.79 Å². The van der Waals surface area contributed by atoms with Crippen LogP contribution >= 0.6 is 0 Å². The van der Waals surface area contributed by atoms with Crippen LogP contribution in [0.2, 0.25) is 0 Å². The topological polar surface area (TPSA) is 69.6 Å². The van der Waals surface area contributed by atoms with Gasteiger partial charge < -0.3 is 15.5 Å². The molecule has 2 rings (SSSR count). The van der Waals surface area contributed by atoms with Gasteiger partial charge in [-0.05, 0) is 38.0 Å². The molecule has 0 aromatic rings. The molecule has 0 spiro atoms. The Labute approximate surface area is 96.0 Å². The quantitative estimate of drug-likeness (QED) is 0.637. The molecule has 1 atom stereocenters. The van der Waals surface area contributed by atoms with Gasteiger partial charge >= 0.3 is 0 Å². The van der Waals surface area contributed by atoms with E-state index in [9.17, 15) is 9.90 Å². The van der Waals surface area contributed by atoms with Crippen molar-refractivity contribution in [3.8, 4) is 0 Å². The molecule has 3 N–H and O–H groups in total. The molecule has 0 aliphatic heterocycles. The Morgan fingerprint density at radius 1 is 1.50 bits per heavy atom. The highest BCUT2D eigenvalue weighted by Crippen LogP contribution is 2.45. The van der Waals surface area contributed by atoms with Crippen molar-refractivity contribution in [2.45, 2.75) is 51.2 Å². The zero-order valence-electron chi connectivity index (χ0n) is 9.78. The first-order valence-corrected chi connectivity index (χ1v) is 6.21. The van der Waals surface area contributed by atoms with Gasteiger partial charge in [-0.3, -0.25) is 4.79 Å². The standard InChI is InChI=1S/C12H21NO3/c1-2-10(8-5-9(15)6-8)13-11(16)12(7-14)3-4-12/h8-10,14-15H,2-7H2,1H3,(H,13,16)/t8?,9?,10-/m1/s1. The van der Waals surface area contributed by atoms with Crippen LogP contribution in [0.15, 0.2) is 0 Å². The Morgan fingerprint density at radius 3 is 2.50 bits per heavy atom. The largest absolute Gasteiger partial charge is 0.395 e. The second kappa shape index (κ2) is 4.34. The van der Waals surface area contributed by atoms with E-state index in [0.717, 1.165) is 32.1 Å². The highest BCUT2D eigenvalue weighted by molar-refractivity contribution is 5.85. The number of rotatable bonds is 5. The molecule has 0 aromatic carbocycles. The highest BCUT2D eigenvalue weighted by atomic mass is 16.3. The van der Waals surface area contributed by atoms with Crippen LogP contribution in [-0.4, -0.2) is 34.9 Å². The second-order valence-electron chi connectivity index (χ2n) is 5.31. The van der Waals surface area contributed by atoms with E-state index < -0.39 is 5.41 Å². The molecule has 4 nitrogen and oxygen atoms in total. The minimum absolute atomic E-state index is 0.00300. The Kier molecular flexibility index (Phi) is 3.22. The molecule has 0 unspecified atom stereocenters. The van der Waals surface area contributed by atoms with Gasteiger partial charge in [-0.15, -0.1) is 0 Å². The molecule has 0 radical (unpaired) electrons. The summed E-state index contributed by atoms with van der Waals surface area (Å²) in [6.07, 6.45) is 3.92. The minimum atomic E-state index is -0.476. The van der Waals surface area contributed by atoms with Crippen LogP contribution in [0.25, 0.3) is 0 Å². The number of amides is 1. The second-order valence-corrected chi connectivity index (χ2v) is 5.31. The summed E-state index contributed by atoms with van der Waals surface area (Å²) in [6.45, 7) is 2.01. The molecule has 0 heterocycles. The Hall–Kier alpha value is -0.610. The van der Waals surface area contributed by atoms with Crippen LogP contribution in [0.4, 0.5) is 0 Å². The Balaban J connectivity index is 1.85. The summed E-state index contributed by atoms with van der Waals surface area (Å²) in [4.78, 5) is 11.9. The number of aliphatic hydroxyl groups excluding tert-OH is 2. The van der Waals surface area contributed by atoms with Crippen LogP contribution in [0, 0.1) is 11.3 Å². The third-order valence-corrected chi connectivity index (χ3v) is 4.11. The monoisotopic (exact) mass is 227 g/mol. The molecule has 2 fully saturated rings. The third kappa shape index (κ3) is 2.09. The average Bonchev–Trinajstić information content (AvgIpc) is 3.02. The minimum Gasteiger partial charge on any atom is -0.395 e. The van der Waals surface area contributed by atoms with E-state index in [-0.39, 0.29) is 24.7 Å². The van der Waals surface area contributed by atoms with Crippen molar-refractivity contribution in [1.82, 2.24) is 5.32 Å². The summed E-state index contributed by atoms with van der Waals surface area (Å²) in [7, 11) is 0. The zero-order valence-corrected chi connectivity index (χ0v) is 9.78. The van der Waals surface area contributed by atoms with Gasteiger partial charge in [-0.2, -0.15) is 0 Å². The Morgan fingerprint density at radius 2 is 2.12 bits per heavy atom. The lowest BCUT2D eigenvalue weighted by atomic mass is 9.76. The van der Waals surface area contributed by atoms with Crippen molar-refractivity contribution in [3.63, 3.8) is 0 Å². The maximum absolute atomic E-state index is 11.9. The van der Waals surface area contributed by atoms with E-state index in [4.69, 9.17) is 5.11 Å². The lowest BCUT2D eigenvalue weighted by Gasteiger charge is -2.38. The van der Waals surface area contributed by atoms with E-state index in [1.165, 1.54) is 0 Å². The van der Waals surface area contributed by atoms with Crippen LogP contribution in [0.1, 0.15) is 39.0 Å². The normalized spacial score (nSPS) is 32.7. The first-order chi connectivity index (χ1) is 7.61. The molecular formula is C12H21NO3. The van der Waals surface area contributed by atoms with E-state index in [1.54, 1.807) is 0 Å². The molecule has 0 aromatic heterocycles. The maximum atomic E-state index is 11.9. The third-order valence-electron chi connectivity index (χ3n) is 4.11. The van der Waals surface area contributed by atoms with Crippen molar-refractivity contribution in [2.24, 2.45) is 11.3 Å². The van der Waals surface area contributed by atoms with Crippen molar-refractivity contribution in [1.29, 1.82) is 0 Å². The molecule has 4 heteroatoms. The molecule has 0 bridgehead atoms. The van der Waals surface area contributed by atoms with Crippen molar-refractivity contribution in [2.75, 3.05) is 6.61 Å². The van der Waals surface area contributed by atoms with Gasteiger partial charge in [0.15, 0.2) is 0 Å². The van der Waals surface area contributed by atoms with Gasteiger partial charge in [-0.1, -0.05) is 6.92 Å². The van der Waals surface area contributed by atoms with Gasteiger partial charge in [0.25, 0.3) is 0 Å². The number of carbonyl (C=O) groups is 1. The van der Waals surface area contributed by atoms with Crippen molar-refractivity contribution in [3.05, 3.63) is 0 Å². The van der Waals surface area contributed by atoms with E-state index >= 15 is 0 Å². The van der Waals surface area contributed by atoms with Gasteiger partial charge in [0.1, 0.15) is 0 Å². The van der Waals surface area contributed by atoms with E-state index in [1.807, 2.05) is 6.92 Å². The summed E-state index contributed by atoms with van der Waals surface area (Å²) < 4.78 is 0. The molecule has 1 amide bonds. The maximum Gasteiger partial charge on any atom is 0.228 e. The first-order valence-electron chi connectivity index (χ1n) is 6.21. The summed E-state index contributed by atoms with van der Waals surface area (Å²) in [6, 6.07) is 0.167. The molecule has 92 valence electrons. The zero-order chi connectivity index (χ0) is 11.8. The highest BCUT2D eigenvalue weighted by Gasteiger charge is 2.50.